The summed E-state index contributed by atoms with van der Waals surface area (Å²) in [6, 6.07) is 13.0. The number of aliphatic hydroxyl groups is 1. The third-order valence-corrected chi connectivity index (χ3v) is 6.40. The lowest BCUT2D eigenvalue weighted by molar-refractivity contribution is 0.153. The van der Waals surface area contributed by atoms with Crippen LogP contribution in [0.1, 0.15) is 43.0 Å². The first-order chi connectivity index (χ1) is 15.6. The smallest absolute Gasteiger partial charge is 0.138 e. The number of benzene rings is 1. The Morgan fingerprint density at radius 2 is 2.03 bits per heavy atom. The number of fused-ring (bicyclic) bond motifs is 1. The van der Waals surface area contributed by atoms with Crippen molar-refractivity contribution < 1.29 is 5.11 Å². The number of nitrogens with one attached hydrogen (secondary N) is 1. The summed E-state index contributed by atoms with van der Waals surface area (Å²) in [6.07, 6.45) is 8.82. The summed E-state index contributed by atoms with van der Waals surface area (Å²) in [6.45, 7) is 9.16. The van der Waals surface area contributed by atoms with Gasteiger partial charge in [-0.2, -0.15) is 5.26 Å². The molecule has 2 aromatic heterocycles. The highest BCUT2D eigenvalue weighted by Gasteiger charge is 2.18. The molecule has 0 unspecified atom stereocenters. The third kappa shape index (κ3) is 4.83. The molecule has 5 nitrogen and oxygen atoms in total. The van der Waals surface area contributed by atoms with Gasteiger partial charge in [-0.05, 0) is 74.5 Å². The number of aliphatic hydroxyl groups excluding tert-OH is 1. The summed E-state index contributed by atoms with van der Waals surface area (Å²) in [5.74, 6) is 0.674. The average Bonchev–Trinajstić information content (AvgIpc) is 3.17. The molecule has 1 aliphatic heterocycles. The van der Waals surface area contributed by atoms with Crippen LogP contribution in [0, 0.1) is 17.2 Å². The minimum Gasteiger partial charge on any atom is -0.396 e. The topological polar surface area (TPSA) is 75.9 Å². The maximum absolute atomic E-state index is 9.20. The fourth-order valence-electron chi connectivity index (χ4n) is 4.51. The van der Waals surface area contributed by atoms with Crippen molar-refractivity contribution in [2.24, 2.45) is 5.92 Å². The normalized spacial score (nSPS) is 15.7. The number of aromatic nitrogens is 2. The summed E-state index contributed by atoms with van der Waals surface area (Å²) in [5, 5.41) is 19.3. The predicted octanol–water partition coefficient (Wildman–Crippen LogP) is 5.39. The van der Waals surface area contributed by atoms with Crippen LogP contribution in [0.3, 0.4) is 0 Å². The van der Waals surface area contributed by atoms with Gasteiger partial charge in [0.15, 0.2) is 0 Å². The van der Waals surface area contributed by atoms with Crippen LogP contribution in [-0.4, -0.2) is 39.7 Å². The molecule has 1 aromatic carbocycles. The second kappa shape index (κ2) is 9.95. The monoisotopic (exact) mass is 426 g/mol. The molecule has 0 radical (unpaired) electrons. The number of H-pyrrole nitrogens is 1. The molecule has 1 aliphatic rings. The molecule has 0 bridgehead atoms. The Bertz CT molecular complexity index is 1160. The Kier molecular flexibility index (Phi) is 6.84. The zero-order valence-corrected chi connectivity index (χ0v) is 18.6. The molecule has 3 aromatic rings. The minimum absolute atomic E-state index is 0.306. The molecule has 1 saturated heterocycles. The van der Waals surface area contributed by atoms with Gasteiger partial charge in [-0.15, -0.1) is 0 Å². The van der Waals surface area contributed by atoms with Crippen molar-refractivity contribution in [3.63, 3.8) is 0 Å². The molecule has 4 rings (SSSR count). The van der Waals surface area contributed by atoms with E-state index in [-0.39, 0.29) is 0 Å². The lowest BCUT2D eigenvalue weighted by atomic mass is 9.93. The van der Waals surface area contributed by atoms with E-state index in [1.807, 2.05) is 12.3 Å². The van der Waals surface area contributed by atoms with Crippen molar-refractivity contribution in [1.82, 2.24) is 14.9 Å². The zero-order chi connectivity index (χ0) is 22.5. The maximum Gasteiger partial charge on any atom is 0.138 e. The predicted molar refractivity (Wildman–Crippen MR) is 131 cm³/mol. The van der Waals surface area contributed by atoms with Crippen LogP contribution in [0.15, 0.2) is 48.7 Å². The number of hydrogen-bond acceptors (Lipinski definition) is 4. The Morgan fingerprint density at radius 1 is 1.28 bits per heavy atom. The lowest BCUT2D eigenvalue weighted by Crippen LogP contribution is -2.33. The summed E-state index contributed by atoms with van der Waals surface area (Å²) < 4.78 is 0. The summed E-state index contributed by atoms with van der Waals surface area (Å²) in [4.78, 5) is 10.4. The van der Waals surface area contributed by atoms with Gasteiger partial charge in [0, 0.05) is 47.1 Å². The molecule has 0 saturated carbocycles. The van der Waals surface area contributed by atoms with Crippen molar-refractivity contribution in [2.75, 3.05) is 19.7 Å². The van der Waals surface area contributed by atoms with Crippen LogP contribution in [0.5, 0.6) is 0 Å². The minimum atomic E-state index is 0.306. The Balaban J connectivity index is 1.53. The molecular formula is C27H30N4O. The highest BCUT2D eigenvalue weighted by Crippen LogP contribution is 2.29. The summed E-state index contributed by atoms with van der Waals surface area (Å²) in [7, 11) is 0. The van der Waals surface area contributed by atoms with Gasteiger partial charge in [-0.25, -0.2) is 4.98 Å². The van der Waals surface area contributed by atoms with Gasteiger partial charge in [0.25, 0.3) is 0 Å². The first-order valence-corrected chi connectivity index (χ1v) is 11.3. The number of piperidine rings is 1. The number of nitrogens with zero attached hydrogens (tertiary/aromatic N) is 3. The van der Waals surface area contributed by atoms with Gasteiger partial charge in [-0.1, -0.05) is 30.8 Å². The fourth-order valence-corrected chi connectivity index (χ4v) is 4.51. The van der Waals surface area contributed by atoms with E-state index in [4.69, 9.17) is 5.11 Å². The number of rotatable bonds is 7. The molecule has 5 heteroatoms. The summed E-state index contributed by atoms with van der Waals surface area (Å²) >= 11 is 0. The van der Waals surface area contributed by atoms with Crippen molar-refractivity contribution in [2.45, 2.75) is 32.7 Å². The number of aromatic amines is 1. The van der Waals surface area contributed by atoms with E-state index in [0.29, 0.717) is 18.1 Å². The second-order valence-corrected chi connectivity index (χ2v) is 8.64. The highest BCUT2D eigenvalue weighted by atomic mass is 16.3. The van der Waals surface area contributed by atoms with Crippen LogP contribution in [0.4, 0.5) is 0 Å². The van der Waals surface area contributed by atoms with Gasteiger partial charge in [0.05, 0.1) is 6.07 Å². The van der Waals surface area contributed by atoms with Gasteiger partial charge in [-0.3, -0.25) is 4.90 Å². The van der Waals surface area contributed by atoms with Crippen LogP contribution in [-0.2, 0) is 6.54 Å². The zero-order valence-electron chi connectivity index (χ0n) is 18.6. The van der Waals surface area contributed by atoms with Crippen LogP contribution < -0.4 is 0 Å². The molecule has 0 atom stereocenters. The standard InChI is InChI=1S/C27H30N4O/c1-3-26-24(14-19(2)16-28)25-15-23(17-29-27(25)30-26)22-6-4-21(5-7-22)18-31-11-8-20(9-12-31)10-13-32/h3-7,14-15,17,20,32H,1,8-13,18H2,2H3,(H,29,30)/b19-14+. The molecule has 1 fully saturated rings. The second-order valence-electron chi connectivity index (χ2n) is 8.64. The van der Waals surface area contributed by atoms with E-state index in [1.165, 1.54) is 18.4 Å². The van der Waals surface area contributed by atoms with Gasteiger partial charge >= 0.3 is 0 Å². The quantitative estimate of drug-likeness (QED) is 0.496. The number of hydrogen-bond donors (Lipinski definition) is 2. The van der Waals surface area contributed by atoms with Crippen LogP contribution in [0.2, 0.25) is 0 Å². The van der Waals surface area contributed by atoms with Gasteiger partial charge < -0.3 is 10.1 Å². The van der Waals surface area contributed by atoms with Crippen molar-refractivity contribution in [1.29, 1.82) is 5.26 Å². The van der Waals surface area contributed by atoms with E-state index in [0.717, 1.165) is 59.5 Å². The van der Waals surface area contributed by atoms with E-state index in [2.05, 4.69) is 57.8 Å². The first kappa shape index (κ1) is 22.0. The summed E-state index contributed by atoms with van der Waals surface area (Å²) in [5.41, 5.74) is 6.74. The Labute approximate surface area is 189 Å². The number of pyridine rings is 1. The maximum atomic E-state index is 9.20. The molecule has 32 heavy (non-hydrogen) atoms. The van der Waals surface area contributed by atoms with E-state index < -0.39 is 0 Å². The van der Waals surface area contributed by atoms with Crippen molar-refractivity contribution >= 4 is 23.2 Å². The Hall–Kier alpha value is -3.20. The van der Waals surface area contributed by atoms with E-state index >= 15 is 0 Å². The number of allylic oxidation sites excluding steroid dienone is 1. The van der Waals surface area contributed by atoms with Crippen molar-refractivity contribution in [3.8, 4) is 17.2 Å². The molecule has 0 amide bonds. The first-order valence-electron chi connectivity index (χ1n) is 11.3. The largest absolute Gasteiger partial charge is 0.396 e. The van der Waals surface area contributed by atoms with Crippen LogP contribution in [0.25, 0.3) is 34.3 Å². The molecule has 0 aliphatic carbocycles. The molecular weight excluding hydrogens is 396 g/mol. The molecule has 164 valence electrons. The van der Waals surface area contributed by atoms with Gasteiger partial charge in [0.2, 0.25) is 0 Å². The number of likely N-dealkylation sites (tertiary alicyclic amines) is 1. The molecule has 2 N–H and O–H groups in total. The molecule has 3 heterocycles. The van der Waals surface area contributed by atoms with Gasteiger partial charge in [0.1, 0.15) is 5.65 Å². The molecule has 0 spiro atoms. The van der Waals surface area contributed by atoms with Crippen LogP contribution >= 0.6 is 0 Å². The average molecular weight is 427 g/mol. The fraction of sp³-hybridized carbons (Fsp3) is 0.333. The SMILES string of the molecule is C=Cc1[nH]c2ncc(-c3ccc(CN4CCC(CCO)CC4)cc3)cc2c1/C=C(\C)C#N. The van der Waals surface area contributed by atoms with Crippen molar-refractivity contribution in [3.05, 3.63) is 65.5 Å². The number of nitriles is 1. The van der Waals surface area contributed by atoms with E-state index in [1.54, 1.807) is 13.0 Å². The Morgan fingerprint density at radius 3 is 2.69 bits per heavy atom. The highest BCUT2D eigenvalue weighted by molar-refractivity contribution is 5.94. The van der Waals surface area contributed by atoms with E-state index in [9.17, 15) is 5.26 Å². The third-order valence-electron chi connectivity index (χ3n) is 6.40. The lowest BCUT2D eigenvalue weighted by Gasteiger charge is -2.31.